The number of nitrogens with one attached hydrogen (secondary N) is 1. The first-order valence-corrected chi connectivity index (χ1v) is 8.53. The van der Waals surface area contributed by atoms with E-state index in [0.29, 0.717) is 6.04 Å². The van der Waals surface area contributed by atoms with Gasteiger partial charge in [-0.25, -0.2) is 0 Å². The Labute approximate surface area is 134 Å². The molecule has 0 fully saturated rings. The van der Waals surface area contributed by atoms with Crippen LogP contribution in [0.15, 0.2) is 51.8 Å². The zero-order valence-electron chi connectivity index (χ0n) is 12.1. The monoisotopic (exact) mass is 349 g/mol. The quantitative estimate of drug-likeness (QED) is 0.732. The molecule has 0 amide bonds. The van der Waals surface area contributed by atoms with Crippen molar-refractivity contribution in [1.82, 2.24) is 5.32 Å². The van der Waals surface area contributed by atoms with E-state index in [4.69, 9.17) is 0 Å². The molecule has 0 aliphatic carbocycles. The average Bonchev–Trinajstić information content (AvgIpc) is 2.45. The fourth-order valence-electron chi connectivity index (χ4n) is 2.03. The lowest BCUT2D eigenvalue weighted by Gasteiger charge is -2.13. The van der Waals surface area contributed by atoms with Crippen LogP contribution in [0.3, 0.4) is 0 Å². The first-order chi connectivity index (χ1) is 9.60. The fourth-order valence-corrected chi connectivity index (χ4v) is 3.64. The molecule has 0 saturated carbocycles. The summed E-state index contributed by atoms with van der Waals surface area (Å²) in [7, 11) is 1.99. The normalized spacial score (nSPS) is 12.4. The first kappa shape index (κ1) is 15.6. The number of thioether (sulfide) groups is 1. The molecule has 0 saturated heterocycles. The molecule has 1 N–H and O–H groups in total. The van der Waals surface area contributed by atoms with Crippen molar-refractivity contribution in [1.29, 1.82) is 0 Å². The smallest absolute Gasteiger partial charge is 0.0314 e. The molecule has 2 aromatic carbocycles. The van der Waals surface area contributed by atoms with Gasteiger partial charge in [0.15, 0.2) is 0 Å². The number of aryl methyl sites for hydroxylation is 1. The van der Waals surface area contributed by atoms with Crippen molar-refractivity contribution in [2.75, 3.05) is 7.05 Å². The molecular weight excluding hydrogens is 330 g/mol. The summed E-state index contributed by atoms with van der Waals surface area (Å²) in [6.45, 7) is 4.30. The zero-order valence-corrected chi connectivity index (χ0v) is 14.5. The van der Waals surface area contributed by atoms with Gasteiger partial charge in [0.05, 0.1) is 0 Å². The zero-order chi connectivity index (χ0) is 14.5. The van der Waals surface area contributed by atoms with Gasteiger partial charge in [0.2, 0.25) is 0 Å². The molecule has 1 nitrogen and oxygen atoms in total. The van der Waals surface area contributed by atoms with Crippen molar-refractivity contribution in [3.8, 4) is 0 Å². The highest BCUT2D eigenvalue weighted by Gasteiger charge is 2.07. The average molecular weight is 350 g/mol. The summed E-state index contributed by atoms with van der Waals surface area (Å²) in [6.07, 6.45) is 0. The highest BCUT2D eigenvalue weighted by Crippen LogP contribution is 2.32. The van der Waals surface area contributed by atoms with Gasteiger partial charge in [-0.1, -0.05) is 35.9 Å². The predicted molar refractivity (Wildman–Crippen MR) is 92.4 cm³/mol. The van der Waals surface area contributed by atoms with Gasteiger partial charge in [0, 0.05) is 21.2 Å². The van der Waals surface area contributed by atoms with E-state index < -0.39 is 0 Å². The molecule has 20 heavy (non-hydrogen) atoms. The Kier molecular flexibility index (Phi) is 5.70. The number of benzene rings is 2. The molecule has 0 aromatic heterocycles. The summed E-state index contributed by atoms with van der Waals surface area (Å²) < 4.78 is 1.18. The van der Waals surface area contributed by atoms with Gasteiger partial charge in [-0.05, 0) is 60.1 Å². The van der Waals surface area contributed by atoms with Crippen molar-refractivity contribution >= 4 is 27.7 Å². The molecule has 3 heteroatoms. The van der Waals surface area contributed by atoms with Crippen LogP contribution in [0.1, 0.15) is 29.7 Å². The molecule has 0 aliphatic rings. The second-order valence-electron chi connectivity index (χ2n) is 4.98. The summed E-state index contributed by atoms with van der Waals surface area (Å²) in [5, 5.41) is 3.26. The maximum absolute atomic E-state index is 3.68. The fraction of sp³-hybridized carbons (Fsp3) is 0.294. The van der Waals surface area contributed by atoms with Crippen molar-refractivity contribution in [2.45, 2.75) is 30.5 Å². The highest BCUT2D eigenvalue weighted by molar-refractivity contribution is 9.10. The van der Waals surface area contributed by atoms with E-state index in [1.807, 2.05) is 18.8 Å². The van der Waals surface area contributed by atoms with Gasteiger partial charge < -0.3 is 5.32 Å². The molecule has 0 bridgehead atoms. The van der Waals surface area contributed by atoms with Crippen LogP contribution < -0.4 is 5.32 Å². The van der Waals surface area contributed by atoms with E-state index in [-0.39, 0.29) is 0 Å². The van der Waals surface area contributed by atoms with Crippen LogP contribution >= 0.6 is 27.7 Å². The topological polar surface area (TPSA) is 12.0 Å². The molecule has 2 aromatic rings. The minimum atomic E-state index is 0.377. The van der Waals surface area contributed by atoms with Crippen LogP contribution in [-0.4, -0.2) is 7.05 Å². The summed E-state index contributed by atoms with van der Waals surface area (Å²) >= 11 is 5.55. The third kappa shape index (κ3) is 4.11. The van der Waals surface area contributed by atoms with E-state index in [9.17, 15) is 0 Å². The summed E-state index contributed by atoms with van der Waals surface area (Å²) in [5.74, 6) is 1.00. The van der Waals surface area contributed by atoms with Gasteiger partial charge in [0.1, 0.15) is 0 Å². The minimum absolute atomic E-state index is 0.377. The Bertz CT molecular complexity index is 583. The van der Waals surface area contributed by atoms with Crippen molar-refractivity contribution in [2.24, 2.45) is 0 Å². The summed E-state index contributed by atoms with van der Waals surface area (Å²) in [6, 6.07) is 15.7. The van der Waals surface area contributed by atoms with Crippen molar-refractivity contribution in [3.05, 3.63) is 63.6 Å². The van der Waals surface area contributed by atoms with Gasteiger partial charge in [0.25, 0.3) is 0 Å². The minimum Gasteiger partial charge on any atom is -0.313 e. The molecular formula is C17H20BrNS. The molecule has 1 atom stereocenters. The number of halogens is 1. The van der Waals surface area contributed by atoms with Crippen LogP contribution in [0.25, 0.3) is 0 Å². The molecule has 0 aliphatic heterocycles. The maximum Gasteiger partial charge on any atom is 0.0314 e. The molecule has 0 radical (unpaired) electrons. The SMILES string of the molecule is CNC(C)c1ccc(SCc2cccc(C)c2)c(Br)c1. The Balaban J connectivity index is 2.07. The Morgan fingerprint density at radius 2 is 2.00 bits per heavy atom. The van der Waals surface area contributed by atoms with Crippen LogP contribution in [0.2, 0.25) is 0 Å². The van der Waals surface area contributed by atoms with Crippen molar-refractivity contribution < 1.29 is 0 Å². The van der Waals surface area contributed by atoms with Gasteiger partial charge in [-0.15, -0.1) is 11.8 Å². The molecule has 2 rings (SSSR count). The maximum atomic E-state index is 3.68. The summed E-state index contributed by atoms with van der Waals surface area (Å²) in [4.78, 5) is 1.29. The highest BCUT2D eigenvalue weighted by atomic mass is 79.9. The van der Waals surface area contributed by atoms with Gasteiger partial charge in [-0.3, -0.25) is 0 Å². The predicted octanol–water partition coefficient (Wildman–Crippen LogP) is 5.33. The number of rotatable bonds is 5. The lowest BCUT2D eigenvalue weighted by atomic mass is 10.1. The third-order valence-electron chi connectivity index (χ3n) is 3.37. The second-order valence-corrected chi connectivity index (χ2v) is 6.85. The van der Waals surface area contributed by atoms with E-state index in [1.165, 1.54) is 26.1 Å². The van der Waals surface area contributed by atoms with Crippen LogP contribution in [-0.2, 0) is 5.75 Å². The van der Waals surface area contributed by atoms with Crippen molar-refractivity contribution in [3.63, 3.8) is 0 Å². The molecule has 106 valence electrons. The number of hydrogen-bond donors (Lipinski definition) is 1. The molecule has 0 spiro atoms. The Morgan fingerprint density at radius 1 is 1.20 bits per heavy atom. The van der Waals surface area contributed by atoms with Crippen LogP contribution in [0.5, 0.6) is 0 Å². The first-order valence-electron chi connectivity index (χ1n) is 6.75. The largest absolute Gasteiger partial charge is 0.313 e. The Morgan fingerprint density at radius 3 is 2.65 bits per heavy atom. The number of hydrogen-bond acceptors (Lipinski definition) is 2. The van der Waals surface area contributed by atoms with Gasteiger partial charge in [-0.2, -0.15) is 0 Å². The van der Waals surface area contributed by atoms with E-state index in [2.05, 4.69) is 77.6 Å². The standard InChI is InChI=1S/C17H20BrNS/c1-12-5-4-6-14(9-12)11-20-17-8-7-15(10-16(17)18)13(2)19-3/h4-10,13,19H,11H2,1-3H3. The van der Waals surface area contributed by atoms with E-state index in [1.54, 1.807) is 0 Å². The third-order valence-corrected chi connectivity index (χ3v) is 5.43. The van der Waals surface area contributed by atoms with Gasteiger partial charge >= 0.3 is 0 Å². The Hall–Kier alpha value is -0.770. The van der Waals surface area contributed by atoms with Crippen LogP contribution in [0, 0.1) is 6.92 Å². The molecule has 1 unspecified atom stereocenters. The second kappa shape index (κ2) is 7.30. The van der Waals surface area contributed by atoms with E-state index >= 15 is 0 Å². The van der Waals surface area contributed by atoms with Crippen LogP contribution in [0.4, 0.5) is 0 Å². The molecule has 0 heterocycles. The lowest BCUT2D eigenvalue weighted by Crippen LogP contribution is -2.12. The van der Waals surface area contributed by atoms with E-state index in [0.717, 1.165) is 5.75 Å². The summed E-state index contributed by atoms with van der Waals surface area (Å²) in [5.41, 5.74) is 3.99. The lowest BCUT2D eigenvalue weighted by molar-refractivity contribution is 0.651.